The molecule has 0 aliphatic heterocycles. The van der Waals surface area contributed by atoms with E-state index in [1.807, 2.05) is 31.2 Å². The van der Waals surface area contributed by atoms with Gasteiger partial charge in [-0.3, -0.25) is 4.79 Å². The SMILES string of the molecule is Cc1ccc(C(O)Cn2nnc(-c3ccc(C(N)=O)cc3)n2)cc1. The van der Waals surface area contributed by atoms with Gasteiger partial charge in [-0.1, -0.05) is 42.0 Å². The van der Waals surface area contributed by atoms with Crippen molar-refractivity contribution in [3.63, 3.8) is 0 Å². The monoisotopic (exact) mass is 323 g/mol. The highest BCUT2D eigenvalue weighted by Crippen LogP contribution is 2.17. The number of rotatable bonds is 5. The van der Waals surface area contributed by atoms with E-state index in [9.17, 15) is 9.90 Å². The molecule has 1 atom stereocenters. The minimum Gasteiger partial charge on any atom is -0.386 e. The van der Waals surface area contributed by atoms with E-state index in [4.69, 9.17) is 5.73 Å². The van der Waals surface area contributed by atoms with Crippen molar-refractivity contribution in [3.05, 3.63) is 65.2 Å². The molecule has 3 N–H and O–H groups in total. The van der Waals surface area contributed by atoms with Crippen LogP contribution in [0.3, 0.4) is 0 Å². The summed E-state index contributed by atoms with van der Waals surface area (Å²) in [5.41, 5.74) is 8.28. The molecule has 122 valence electrons. The summed E-state index contributed by atoms with van der Waals surface area (Å²) in [7, 11) is 0. The molecular formula is C17H17N5O2. The number of aryl methyl sites for hydroxylation is 1. The summed E-state index contributed by atoms with van der Waals surface area (Å²) in [6.07, 6.45) is -0.718. The first-order valence-corrected chi connectivity index (χ1v) is 7.45. The molecule has 2 aromatic carbocycles. The van der Waals surface area contributed by atoms with E-state index in [-0.39, 0.29) is 6.54 Å². The van der Waals surface area contributed by atoms with E-state index in [1.165, 1.54) is 4.80 Å². The van der Waals surface area contributed by atoms with Crippen LogP contribution in [0.15, 0.2) is 48.5 Å². The zero-order chi connectivity index (χ0) is 17.1. The largest absolute Gasteiger partial charge is 0.386 e. The standard InChI is InChI=1S/C17H17N5O2/c1-11-2-4-12(5-3-11)15(23)10-22-20-17(19-21-22)14-8-6-13(7-9-14)16(18)24/h2-9,15,23H,10H2,1H3,(H2,18,24). The summed E-state index contributed by atoms with van der Waals surface area (Å²) in [5.74, 6) is -0.0680. The van der Waals surface area contributed by atoms with E-state index in [2.05, 4.69) is 15.4 Å². The number of aliphatic hydroxyl groups excluding tert-OH is 1. The number of carbonyl (C=O) groups is 1. The Labute approximate surface area is 138 Å². The number of hydrogen-bond acceptors (Lipinski definition) is 5. The van der Waals surface area contributed by atoms with Gasteiger partial charge in [-0.05, 0) is 29.8 Å². The number of primary amides is 1. The van der Waals surface area contributed by atoms with E-state index >= 15 is 0 Å². The minimum absolute atomic E-state index is 0.204. The van der Waals surface area contributed by atoms with Crippen LogP contribution < -0.4 is 5.73 Å². The molecule has 3 aromatic rings. The third-order valence-electron chi connectivity index (χ3n) is 3.68. The third-order valence-corrected chi connectivity index (χ3v) is 3.68. The second-order valence-electron chi connectivity index (χ2n) is 5.54. The average Bonchev–Trinajstić information content (AvgIpc) is 3.04. The molecule has 7 nitrogen and oxygen atoms in total. The first-order valence-electron chi connectivity index (χ1n) is 7.45. The molecule has 1 heterocycles. The van der Waals surface area contributed by atoms with E-state index in [1.54, 1.807) is 24.3 Å². The van der Waals surface area contributed by atoms with Gasteiger partial charge in [0.05, 0.1) is 6.54 Å². The normalized spacial score (nSPS) is 12.1. The van der Waals surface area contributed by atoms with Gasteiger partial charge in [-0.15, -0.1) is 10.2 Å². The molecule has 24 heavy (non-hydrogen) atoms. The number of hydrogen-bond donors (Lipinski definition) is 2. The Morgan fingerprint density at radius 2 is 1.83 bits per heavy atom. The van der Waals surface area contributed by atoms with Gasteiger partial charge >= 0.3 is 0 Å². The van der Waals surface area contributed by atoms with Crippen LogP contribution in [0.5, 0.6) is 0 Å². The van der Waals surface area contributed by atoms with Crippen LogP contribution in [0.4, 0.5) is 0 Å². The first kappa shape index (κ1) is 15.8. The molecule has 0 fully saturated rings. The predicted octanol–water partition coefficient (Wildman–Crippen LogP) is 1.48. The topological polar surface area (TPSA) is 107 Å². The van der Waals surface area contributed by atoms with Crippen molar-refractivity contribution in [2.45, 2.75) is 19.6 Å². The van der Waals surface area contributed by atoms with Gasteiger partial charge in [-0.2, -0.15) is 4.80 Å². The Kier molecular flexibility index (Phi) is 4.35. The summed E-state index contributed by atoms with van der Waals surface area (Å²) in [6, 6.07) is 14.3. The smallest absolute Gasteiger partial charge is 0.248 e. The molecule has 0 aliphatic carbocycles. The quantitative estimate of drug-likeness (QED) is 0.739. The van der Waals surface area contributed by atoms with Crippen LogP contribution in [-0.4, -0.2) is 31.2 Å². The van der Waals surface area contributed by atoms with Gasteiger partial charge in [0, 0.05) is 11.1 Å². The van der Waals surface area contributed by atoms with E-state index in [0.717, 1.165) is 16.7 Å². The lowest BCUT2D eigenvalue weighted by molar-refractivity contribution is 0.1000. The number of nitrogens with zero attached hydrogens (tertiary/aromatic N) is 4. The molecule has 3 rings (SSSR count). The summed E-state index contributed by atoms with van der Waals surface area (Å²) < 4.78 is 0. The molecule has 0 saturated heterocycles. The summed E-state index contributed by atoms with van der Waals surface area (Å²) in [6.45, 7) is 2.19. The Hall–Kier alpha value is -3.06. The average molecular weight is 323 g/mol. The summed E-state index contributed by atoms with van der Waals surface area (Å²) in [5, 5.41) is 22.5. The minimum atomic E-state index is -0.718. The zero-order valence-electron chi connectivity index (χ0n) is 13.1. The van der Waals surface area contributed by atoms with Crippen molar-refractivity contribution in [2.75, 3.05) is 0 Å². The molecule has 7 heteroatoms. The number of carbonyl (C=O) groups excluding carboxylic acids is 1. The maximum Gasteiger partial charge on any atom is 0.248 e. The Balaban J connectivity index is 1.73. The number of tetrazole rings is 1. The number of benzene rings is 2. The Morgan fingerprint density at radius 1 is 1.17 bits per heavy atom. The number of aromatic nitrogens is 4. The lowest BCUT2D eigenvalue weighted by Gasteiger charge is -2.09. The van der Waals surface area contributed by atoms with E-state index < -0.39 is 12.0 Å². The summed E-state index contributed by atoms with van der Waals surface area (Å²) >= 11 is 0. The van der Waals surface area contributed by atoms with Gasteiger partial charge in [0.2, 0.25) is 11.7 Å². The molecule has 0 saturated carbocycles. The zero-order valence-corrected chi connectivity index (χ0v) is 13.1. The van der Waals surface area contributed by atoms with Crippen LogP contribution in [0, 0.1) is 6.92 Å². The van der Waals surface area contributed by atoms with Crippen LogP contribution in [-0.2, 0) is 6.54 Å². The molecule has 1 amide bonds. The molecule has 0 aliphatic rings. The highest BCUT2D eigenvalue weighted by Gasteiger charge is 2.12. The highest BCUT2D eigenvalue weighted by atomic mass is 16.3. The van der Waals surface area contributed by atoms with Crippen LogP contribution in [0.2, 0.25) is 0 Å². The van der Waals surface area contributed by atoms with E-state index in [0.29, 0.717) is 11.4 Å². The van der Waals surface area contributed by atoms with Crippen LogP contribution >= 0.6 is 0 Å². The maximum atomic E-state index is 11.1. The van der Waals surface area contributed by atoms with Gasteiger partial charge in [0.15, 0.2) is 0 Å². The number of amides is 1. The summed E-state index contributed by atoms with van der Waals surface area (Å²) in [4.78, 5) is 12.4. The van der Waals surface area contributed by atoms with Crippen LogP contribution in [0.1, 0.15) is 27.6 Å². The Morgan fingerprint density at radius 3 is 2.46 bits per heavy atom. The third kappa shape index (κ3) is 3.47. The highest BCUT2D eigenvalue weighted by molar-refractivity contribution is 5.93. The molecular weight excluding hydrogens is 306 g/mol. The molecule has 1 aromatic heterocycles. The fraction of sp³-hybridized carbons (Fsp3) is 0.176. The molecule has 1 unspecified atom stereocenters. The van der Waals surface area contributed by atoms with Gasteiger partial charge in [-0.25, -0.2) is 0 Å². The predicted molar refractivity (Wildman–Crippen MR) is 87.9 cm³/mol. The lowest BCUT2D eigenvalue weighted by atomic mass is 10.1. The number of aliphatic hydroxyl groups is 1. The first-order chi connectivity index (χ1) is 11.5. The van der Waals surface area contributed by atoms with Crippen molar-refractivity contribution in [1.82, 2.24) is 20.2 Å². The Bertz CT molecular complexity index is 840. The maximum absolute atomic E-state index is 11.1. The van der Waals surface area contributed by atoms with Crippen molar-refractivity contribution >= 4 is 5.91 Å². The van der Waals surface area contributed by atoms with Crippen molar-refractivity contribution in [1.29, 1.82) is 0 Å². The second kappa shape index (κ2) is 6.59. The van der Waals surface area contributed by atoms with Crippen molar-refractivity contribution < 1.29 is 9.90 Å². The van der Waals surface area contributed by atoms with Gasteiger partial charge < -0.3 is 10.8 Å². The van der Waals surface area contributed by atoms with Gasteiger partial charge in [0.25, 0.3) is 0 Å². The molecule has 0 spiro atoms. The lowest BCUT2D eigenvalue weighted by Crippen LogP contribution is -2.11. The molecule has 0 bridgehead atoms. The van der Waals surface area contributed by atoms with Crippen molar-refractivity contribution in [2.24, 2.45) is 5.73 Å². The van der Waals surface area contributed by atoms with Crippen LogP contribution in [0.25, 0.3) is 11.4 Å². The number of nitrogens with two attached hydrogens (primary N) is 1. The fourth-order valence-corrected chi connectivity index (χ4v) is 2.27. The van der Waals surface area contributed by atoms with Gasteiger partial charge in [0.1, 0.15) is 6.10 Å². The fourth-order valence-electron chi connectivity index (χ4n) is 2.27. The second-order valence-corrected chi connectivity index (χ2v) is 5.54. The van der Waals surface area contributed by atoms with Crippen molar-refractivity contribution in [3.8, 4) is 11.4 Å². The molecule has 0 radical (unpaired) electrons.